The third kappa shape index (κ3) is 4.26. The van der Waals surface area contributed by atoms with Crippen LogP contribution in [0.25, 0.3) is 0 Å². The van der Waals surface area contributed by atoms with E-state index >= 15 is 0 Å². The lowest BCUT2D eigenvalue weighted by Gasteiger charge is -2.06. The Bertz CT molecular complexity index is 385. The minimum atomic E-state index is 0.00952. The van der Waals surface area contributed by atoms with E-state index in [0.717, 1.165) is 11.3 Å². The Morgan fingerprint density at radius 1 is 1.18 bits per heavy atom. The second-order valence-electron chi connectivity index (χ2n) is 3.70. The number of amides is 1. The molecule has 0 bridgehead atoms. The molecule has 0 atom stereocenters. The van der Waals surface area contributed by atoms with Gasteiger partial charge >= 0.3 is 0 Å². The standard InChI is InChI=1S/C13H18N2O2/c1-3-12(16)10-4-6-11(7-5-10)15-9-8-13(17)14-2/h4-7,15H,3,8-9H2,1-2H3,(H,14,17). The zero-order chi connectivity index (χ0) is 12.7. The third-order valence-corrected chi connectivity index (χ3v) is 2.49. The molecule has 0 spiro atoms. The predicted octanol–water partition coefficient (Wildman–Crippen LogP) is 1.83. The molecule has 0 saturated carbocycles. The molecule has 0 fully saturated rings. The van der Waals surface area contributed by atoms with Crippen LogP contribution in [-0.2, 0) is 4.79 Å². The van der Waals surface area contributed by atoms with E-state index in [0.29, 0.717) is 19.4 Å². The molecule has 2 N–H and O–H groups in total. The maximum Gasteiger partial charge on any atom is 0.221 e. The van der Waals surface area contributed by atoms with Crippen molar-refractivity contribution < 1.29 is 9.59 Å². The molecule has 0 aliphatic carbocycles. The topological polar surface area (TPSA) is 58.2 Å². The first-order valence-electron chi connectivity index (χ1n) is 5.75. The fourth-order valence-corrected chi connectivity index (χ4v) is 1.42. The van der Waals surface area contributed by atoms with Crippen LogP contribution in [0.3, 0.4) is 0 Å². The quantitative estimate of drug-likeness (QED) is 0.738. The summed E-state index contributed by atoms with van der Waals surface area (Å²) in [5.41, 5.74) is 1.64. The first-order valence-corrected chi connectivity index (χ1v) is 5.75. The van der Waals surface area contributed by atoms with Crippen LogP contribution in [0.5, 0.6) is 0 Å². The molecule has 1 amide bonds. The molecule has 4 nitrogen and oxygen atoms in total. The van der Waals surface area contributed by atoms with Crippen LogP contribution >= 0.6 is 0 Å². The largest absolute Gasteiger partial charge is 0.385 e. The van der Waals surface area contributed by atoms with Gasteiger partial charge < -0.3 is 10.6 Å². The summed E-state index contributed by atoms with van der Waals surface area (Å²) in [5, 5.41) is 5.68. The molecule has 1 aromatic carbocycles. The summed E-state index contributed by atoms with van der Waals surface area (Å²) in [6.07, 6.45) is 0.954. The van der Waals surface area contributed by atoms with Crippen LogP contribution in [0, 0.1) is 0 Å². The highest BCUT2D eigenvalue weighted by molar-refractivity contribution is 5.96. The Morgan fingerprint density at radius 2 is 1.82 bits per heavy atom. The molecular formula is C13H18N2O2. The Labute approximate surface area is 101 Å². The van der Waals surface area contributed by atoms with Gasteiger partial charge in [0.15, 0.2) is 5.78 Å². The van der Waals surface area contributed by atoms with Gasteiger partial charge in [0, 0.05) is 37.7 Å². The summed E-state index contributed by atoms with van der Waals surface area (Å²) in [5.74, 6) is 0.150. The van der Waals surface area contributed by atoms with Gasteiger partial charge in [0.2, 0.25) is 5.91 Å². The van der Waals surface area contributed by atoms with E-state index in [-0.39, 0.29) is 11.7 Å². The van der Waals surface area contributed by atoms with Crippen molar-refractivity contribution in [2.45, 2.75) is 19.8 Å². The van der Waals surface area contributed by atoms with E-state index in [2.05, 4.69) is 10.6 Å². The van der Waals surface area contributed by atoms with Crippen LogP contribution < -0.4 is 10.6 Å². The van der Waals surface area contributed by atoms with Crippen LogP contribution in [0.15, 0.2) is 24.3 Å². The van der Waals surface area contributed by atoms with Crippen molar-refractivity contribution in [2.24, 2.45) is 0 Å². The van der Waals surface area contributed by atoms with Crippen molar-refractivity contribution in [1.29, 1.82) is 0 Å². The summed E-state index contributed by atoms with van der Waals surface area (Å²) in [6, 6.07) is 7.31. The van der Waals surface area contributed by atoms with Crippen molar-refractivity contribution in [3.63, 3.8) is 0 Å². The fourth-order valence-electron chi connectivity index (χ4n) is 1.42. The molecular weight excluding hydrogens is 216 g/mol. The number of hydrogen-bond donors (Lipinski definition) is 2. The molecule has 0 aliphatic heterocycles. The molecule has 0 radical (unpaired) electrons. The molecule has 0 aliphatic rings. The normalized spacial score (nSPS) is 9.76. The van der Waals surface area contributed by atoms with Gasteiger partial charge in [-0.15, -0.1) is 0 Å². The molecule has 0 unspecified atom stereocenters. The average molecular weight is 234 g/mol. The summed E-state index contributed by atoms with van der Waals surface area (Å²) in [4.78, 5) is 22.4. The number of nitrogens with one attached hydrogen (secondary N) is 2. The maximum absolute atomic E-state index is 11.4. The van der Waals surface area contributed by atoms with E-state index in [9.17, 15) is 9.59 Å². The monoisotopic (exact) mass is 234 g/mol. The van der Waals surface area contributed by atoms with Gasteiger partial charge in [0.1, 0.15) is 0 Å². The van der Waals surface area contributed by atoms with E-state index in [1.807, 2.05) is 19.1 Å². The van der Waals surface area contributed by atoms with E-state index in [1.54, 1.807) is 19.2 Å². The highest BCUT2D eigenvalue weighted by atomic mass is 16.1. The van der Waals surface area contributed by atoms with Gasteiger partial charge in [-0.3, -0.25) is 9.59 Å². The SMILES string of the molecule is CCC(=O)c1ccc(NCCC(=O)NC)cc1. The zero-order valence-corrected chi connectivity index (χ0v) is 10.2. The number of carbonyl (C=O) groups excluding carboxylic acids is 2. The molecule has 92 valence electrons. The lowest BCUT2D eigenvalue weighted by Crippen LogP contribution is -2.20. The highest BCUT2D eigenvalue weighted by Crippen LogP contribution is 2.10. The zero-order valence-electron chi connectivity index (χ0n) is 10.2. The minimum absolute atomic E-state index is 0.00952. The number of carbonyl (C=O) groups is 2. The highest BCUT2D eigenvalue weighted by Gasteiger charge is 2.02. The molecule has 4 heteroatoms. The van der Waals surface area contributed by atoms with Crippen molar-refractivity contribution in [2.75, 3.05) is 18.9 Å². The number of benzene rings is 1. The van der Waals surface area contributed by atoms with Gasteiger partial charge in [0.25, 0.3) is 0 Å². The summed E-state index contributed by atoms with van der Waals surface area (Å²) in [6.45, 7) is 2.43. The number of hydrogen-bond acceptors (Lipinski definition) is 3. The van der Waals surface area contributed by atoms with Crippen molar-refractivity contribution in [1.82, 2.24) is 5.32 Å². The van der Waals surface area contributed by atoms with Crippen LogP contribution in [0.4, 0.5) is 5.69 Å². The Balaban J connectivity index is 2.46. The van der Waals surface area contributed by atoms with E-state index < -0.39 is 0 Å². The van der Waals surface area contributed by atoms with Crippen LogP contribution in [0.2, 0.25) is 0 Å². The maximum atomic E-state index is 11.4. The minimum Gasteiger partial charge on any atom is -0.385 e. The first kappa shape index (κ1) is 13.2. The van der Waals surface area contributed by atoms with Crippen molar-refractivity contribution in [3.8, 4) is 0 Å². The van der Waals surface area contributed by atoms with Gasteiger partial charge in [-0.2, -0.15) is 0 Å². The lowest BCUT2D eigenvalue weighted by molar-refractivity contribution is -0.120. The van der Waals surface area contributed by atoms with Gasteiger partial charge in [0.05, 0.1) is 0 Å². The second kappa shape index (κ2) is 6.68. The number of ketones is 1. The molecule has 0 saturated heterocycles. The number of anilines is 1. The average Bonchev–Trinajstić information content (AvgIpc) is 2.38. The van der Waals surface area contributed by atoms with Gasteiger partial charge in [-0.1, -0.05) is 6.92 Å². The second-order valence-corrected chi connectivity index (χ2v) is 3.70. The number of Topliss-reactive ketones (excluding diaryl/α,β-unsaturated/α-hetero) is 1. The summed E-state index contributed by atoms with van der Waals surface area (Å²) in [7, 11) is 1.62. The van der Waals surface area contributed by atoms with Gasteiger partial charge in [-0.05, 0) is 24.3 Å². The molecule has 0 aromatic heterocycles. The summed E-state index contributed by atoms with van der Waals surface area (Å²) < 4.78 is 0. The van der Waals surface area contributed by atoms with E-state index in [1.165, 1.54) is 0 Å². The summed E-state index contributed by atoms with van der Waals surface area (Å²) >= 11 is 0. The van der Waals surface area contributed by atoms with Crippen molar-refractivity contribution >= 4 is 17.4 Å². The Kier molecular flexibility index (Phi) is 5.20. The van der Waals surface area contributed by atoms with Crippen molar-refractivity contribution in [3.05, 3.63) is 29.8 Å². The van der Waals surface area contributed by atoms with Crippen LogP contribution in [0.1, 0.15) is 30.1 Å². The number of rotatable bonds is 6. The molecule has 1 aromatic rings. The smallest absolute Gasteiger partial charge is 0.221 e. The predicted molar refractivity (Wildman–Crippen MR) is 68.2 cm³/mol. The first-order chi connectivity index (χ1) is 8.17. The molecule has 17 heavy (non-hydrogen) atoms. The van der Waals surface area contributed by atoms with E-state index in [4.69, 9.17) is 0 Å². The Hall–Kier alpha value is -1.84. The molecule has 1 rings (SSSR count). The van der Waals surface area contributed by atoms with Crippen LogP contribution in [-0.4, -0.2) is 25.3 Å². The van der Waals surface area contributed by atoms with Gasteiger partial charge in [-0.25, -0.2) is 0 Å². The lowest BCUT2D eigenvalue weighted by atomic mass is 10.1. The Morgan fingerprint density at radius 3 is 2.35 bits per heavy atom. The molecule has 0 heterocycles. The third-order valence-electron chi connectivity index (χ3n) is 2.49. The fraction of sp³-hybridized carbons (Fsp3) is 0.385.